The fourth-order valence-corrected chi connectivity index (χ4v) is 15.0. The number of thioether (sulfide) groups is 1. The number of H-pyrrole nitrogens is 1. The van der Waals surface area contributed by atoms with Crippen LogP contribution in [-0.4, -0.2) is 249 Å². The van der Waals surface area contributed by atoms with Gasteiger partial charge in [0.2, 0.25) is 94.5 Å². The number of nitrogens with two attached hydrogens (primary N) is 2. The van der Waals surface area contributed by atoms with Gasteiger partial charge in [0, 0.05) is 55.6 Å². The monoisotopic (exact) mass is 1820 g/mol. The molecule has 7 rings (SSSR count). The number of carbonyl (C=O) groups is 17. The molecule has 0 saturated carbocycles. The lowest BCUT2D eigenvalue weighted by Crippen LogP contribution is -2.62. The van der Waals surface area contributed by atoms with E-state index < -0.39 is 234 Å². The number of amides is 16. The Bertz CT molecular complexity index is 4940. The number of para-hydroxylation sites is 1. The Morgan fingerprint density at radius 3 is 1.43 bits per heavy atom. The summed E-state index contributed by atoms with van der Waals surface area (Å²) in [4.78, 5) is 249. The zero-order valence-corrected chi connectivity index (χ0v) is 75.5. The maximum absolute atomic E-state index is 15.4. The normalized spacial score (nSPS) is 23.6. The molecule has 2 heterocycles. The molecule has 14 atom stereocenters. The van der Waals surface area contributed by atoms with Crippen LogP contribution >= 0.6 is 11.8 Å². The van der Waals surface area contributed by atoms with E-state index in [9.17, 15) is 68.1 Å². The van der Waals surface area contributed by atoms with E-state index in [1.807, 2.05) is 42.5 Å². The molecule has 1 aliphatic rings. The number of rotatable bonds is 23. The highest BCUT2D eigenvalue weighted by Gasteiger charge is 2.41. The highest BCUT2D eigenvalue weighted by atomic mass is 32.2. The molecule has 38 nitrogen and oxygen atoms in total. The molecule has 0 aliphatic carbocycles. The lowest BCUT2D eigenvalue weighted by Gasteiger charge is -2.32. The molecule has 0 unspecified atom stereocenters. The number of hydrogen-bond donors (Lipinski definition) is 20. The Kier molecular flexibility index (Phi) is 40.3. The molecule has 1 aliphatic heterocycles. The van der Waals surface area contributed by atoms with Gasteiger partial charge in [-0.05, 0) is 115 Å². The van der Waals surface area contributed by atoms with Crippen molar-refractivity contribution in [3.63, 3.8) is 0 Å². The summed E-state index contributed by atoms with van der Waals surface area (Å²) in [5, 5.41) is 68.2. The van der Waals surface area contributed by atoms with Crippen molar-refractivity contribution in [3.8, 4) is 16.9 Å². The van der Waals surface area contributed by atoms with Gasteiger partial charge < -0.3 is 111 Å². The fraction of sp³-hybridized carbons (Fsp3) is 0.462. The standard InChI is InChI=1S/C91H122N18O20S/c1-48(2)36-64-82(120)102-68(39-55-26-30-58(31-27-55)57-22-16-13-17-23-57)88(126)108-77(51(7)8)91(129)109(11)53(10)79(117)96-52(9)78(116)98-63(34-35-92)81(119)99-65(37-49(3)4)87(125)107-76(50(5)6)90(128)105-71(45-110)89(127)106-72(80(118)95-44-73(93)112)46-130-47-74(113)97-66(38-54-20-14-12-15-21-54)83(121)101-67(40-56-28-32-60(111)33-29-56)84(122)104-70(42-75(114)115)86(124)103-69(85(123)100-64)41-59-43-94-62-25-19-18-24-61(59)62/h12-33,43,48-53,63-72,76-77,94,110-111H,34-42,44-47,92H2,1-11H3,(H2,93,112)(H,95,118)(H,96,117)(H,97,113)(H,98,116)(H,99,119)(H,100,123)(H,101,121)(H,102,120)(H,103,124)(H,104,122)(H,105,128)(H,106,127)(H,107,125)(H,108,126)(H,114,115)/t52-,53+,63+,64+,65+,66+,67+,68+,69+,70+,71+,72+,76+,77+/m1/s1. The number of nitrogens with zero attached hydrogens (tertiary/aromatic N) is 1. The van der Waals surface area contributed by atoms with Gasteiger partial charge >= 0.3 is 5.97 Å². The molecule has 1 aromatic heterocycles. The van der Waals surface area contributed by atoms with Crippen LogP contribution in [0.2, 0.25) is 0 Å². The number of nitrogens with one attached hydrogen (secondary N) is 15. The van der Waals surface area contributed by atoms with Crippen molar-refractivity contribution in [1.29, 1.82) is 0 Å². The van der Waals surface area contributed by atoms with Gasteiger partial charge in [0.25, 0.3) is 0 Å². The SMILES string of the molecule is CC(C)C[C@@H]1NC(=O)[C@H](Cc2c[nH]c3ccccc23)NC(=O)[C@H](CC(=O)O)NC(=O)[C@H](Cc2ccc(O)cc2)NC(=O)[C@H](Cc2ccccc2)NC(=O)CSC[C@@H](C(=O)NCC(N)=O)NC(=O)[C@H](CO)NC(=O)[C@H](C(C)C)NC(=O)[C@H](CC(C)C)NC(=O)[C@H](CCN)NC(=O)[C@@H](C)NC(=O)[C@H](C)N(C)C(=O)[C@H](C(C)C)NC(=O)[C@H](Cc2ccc(-c3ccccc3)cc2)NC1=O. The molecule has 39 heteroatoms. The van der Waals surface area contributed by atoms with E-state index in [1.54, 1.807) is 114 Å². The van der Waals surface area contributed by atoms with E-state index in [4.69, 9.17) is 11.5 Å². The summed E-state index contributed by atoms with van der Waals surface area (Å²) in [6.07, 6.45) is -1.15. The van der Waals surface area contributed by atoms with Gasteiger partial charge in [-0.25, -0.2) is 0 Å². The molecule has 702 valence electrons. The number of aromatic amines is 1. The third-order valence-corrected chi connectivity index (χ3v) is 22.6. The van der Waals surface area contributed by atoms with Crippen molar-refractivity contribution >= 4 is 123 Å². The third-order valence-electron chi connectivity index (χ3n) is 21.5. The molecular weight excluding hydrogens is 1700 g/mol. The first-order chi connectivity index (χ1) is 61.6. The van der Waals surface area contributed by atoms with Crippen molar-refractivity contribution < 1.29 is 96.8 Å². The molecule has 0 spiro atoms. The number of carboxylic acids is 1. The van der Waals surface area contributed by atoms with E-state index in [0.29, 0.717) is 44.9 Å². The topological polar surface area (TPSA) is 590 Å². The van der Waals surface area contributed by atoms with Gasteiger partial charge in [-0.3, -0.25) is 81.5 Å². The summed E-state index contributed by atoms with van der Waals surface area (Å²) in [5.74, 6) is -20.8. The van der Waals surface area contributed by atoms with Gasteiger partial charge in [-0.2, -0.15) is 0 Å². The predicted molar refractivity (Wildman–Crippen MR) is 484 cm³/mol. The van der Waals surface area contributed by atoms with Gasteiger partial charge in [0.1, 0.15) is 90.3 Å². The van der Waals surface area contributed by atoms with E-state index in [1.165, 1.54) is 59.0 Å². The minimum absolute atomic E-state index is 0.0448. The van der Waals surface area contributed by atoms with Crippen LogP contribution in [0.1, 0.15) is 117 Å². The average Bonchev–Trinajstić information content (AvgIpc) is 1.54. The highest BCUT2D eigenvalue weighted by molar-refractivity contribution is 8.00. The Labute approximate surface area is 757 Å². The van der Waals surface area contributed by atoms with Crippen molar-refractivity contribution in [1.82, 2.24) is 84.3 Å². The zero-order valence-electron chi connectivity index (χ0n) is 74.7. The summed E-state index contributed by atoms with van der Waals surface area (Å²) in [5.41, 5.74) is 15.4. The zero-order chi connectivity index (χ0) is 95.8. The summed E-state index contributed by atoms with van der Waals surface area (Å²) in [6.45, 7) is 13.9. The van der Waals surface area contributed by atoms with E-state index in [-0.39, 0.29) is 62.7 Å². The highest BCUT2D eigenvalue weighted by Crippen LogP contribution is 2.24. The Hall–Kier alpha value is -13.3. The molecule has 5 aromatic carbocycles. The van der Waals surface area contributed by atoms with Crippen LogP contribution in [0, 0.1) is 23.7 Å². The number of aromatic nitrogens is 1. The Morgan fingerprint density at radius 2 is 0.900 bits per heavy atom. The lowest BCUT2D eigenvalue weighted by atomic mass is 9.97. The summed E-state index contributed by atoms with van der Waals surface area (Å²) in [6, 6.07) is 14.9. The minimum Gasteiger partial charge on any atom is -0.508 e. The van der Waals surface area contributed by atoms with Crippen LogP contribution in [-0.2, 0) is 107 Å². The molecule has 6 aromatic rings. The number of primary amides is 1. The van der Waals surface area contributed by atoms with Gasteiger partial charge in [-0.15, -0.1) is 11.8 Å². The fourth-order valence-electron chi connectivity index (χ4n) is 14.2. The second-order valence-electron chi connectivity index (χ2n) is 33.7. The molecule has 1 saturated heterocycles. The quantitative estimate of drug-likeness (QED) is 0.0386. The first kappa shape index (κ1) is 104. The number of hydrogen-bond acceptors (Lipinski definition) is 21. The first-order valence-corrected chi connectivity index (χ1v) is 44.2. The molecule has 0 radical (unpaired) electrons. The van der Waals surface area contributed by atoms with Crippen molar-refractivity contribution in [2.75, 3.05) is 38.2 Å². The number of fused-ring (bicyclic) bond motifs is 1. The second-order valence-corrected chi connectivity index (χ2v) is 34.7. The number of phenols is 1. The number of aliphatic carboxylic acids is 1. The molecule has 130 heavy (non-hydrogen) atoms. The Balaban J connectivity index is 1.30. The Morgan fingerprint density at radius 1 is 0.469 bits per heavy atom. The third kappa shape index (κ3) is 32.2. The van der Waals surface area contributed by atoms with Gasteiger partial charge in [0.05, 0.1) is 25.3 Å². The molecule has 16 amide bonds. The van der Waals surface area contributed by atoms with Crippen molar-refractivity contribution in [2.45, 2.75) is 205 Å². The minimum atomic E-state index is -2.05. The number of carbonyl (C=O) groups excluding carboxylic acids is 16. The number of phenolic OH excluding ortho intramolecular Hbond substituents is 1. The van der Waals surface area contributed by atoms with Crippen LogP contribution in [0.5, 0.6) is 5.75 Å². The smallest absolute Gasteiger partial charge is 0.305 e. The molecular formula is C91H122N18O20S. The summed E-state index contributed by atoms with van der Waals surface area (Å²) >= 11 is 0.717. The largest absolute Gasteiger partial charge is 0.508 e. The second kappa shape index (κ2) is 50.4. The molecule has 22 N–H and O–H groups in total. The predicted octanol–water partition coefficient (Wildman–Crippen LogP) is -0.451. The lowest BCUT2D eigenvalue weighted by molar-refractivity contribution is -0.143. The van der Waals surface area contributed by atoms with Crippen LogP contribution in [0.4, 0.5) is 0 Å². The molecule has 1 fully saturated rings. The van der Waals surface area contributed by atoms with Crippen molar-refractivity contribution in [2.24, 2.45) is 35.1 Å². The number of aliphatic hydroxyl groups excluding tert-OH is 1. The van der Waals surface area contributed by atoms with E-state index in [0.717, 1.165) is 16.0 Å². The van der Waals surface area contributed by atoms with Crippen LogP contribution < -0.4 is 85.9 Å². The van der Waals surface area contributed by atoms with Crippen LogP contribution in [0.3, 0.4) is 0 Å². The van der Waals surface area contributed by atoms with Gasteiger partial charge in [0.15, 0.2) is 0 Å². The number of carboxylic acid groups (broad SMARTS) is 1. The number of aromatic hydroxyl groups is 1. The summed E-state index contributed by atoms with van der Waals surface area (Å²) in [7, 11) is 1.29. The first-order valence-electron chi connectivity index (χ1n) is 43.0. The number of likely N-dealkylation sites (N-methyl/N-ethyl adjacent to an activating group) is 1. The molecule has 0 bridgehead atoms. The average molecular weight is 1820 g/mol. The maximum atomic E-state index is 15.4. The maximum Gasteiger partial charge on any atom is 0.305 e. The number of benzene rings is 5. The summed E-state index contributed by atoms with van der Waals surface area (Å²) < 4.78 is 0. The number of aliphatic hydroxyl groups is 1. The van der Waals surface area contributed by atoms with E-state index >= 15 is 28.8 Å². The van der Waals surface area contributed by atoms with Crippen molar-refractivity contribution in [3.05, 3.63) is 162 Å². The van der Waals surface area contributed by atoms with E-state index in [2.05, 4.69) is 79.4 Å². The van der Waals surface area contributed by atoms with Crippen LogP contribution in [0.15, 0.2) is 140 Å². The van der Waals surface area contributed by atoms with Gasteiger partial charge in [-0.1, -0.05) is 171 Å². The van der Waals surface area contributed by atoms with Crippen LogP contribution in [0.25, 0.3) is 22.0 Å².